The van der Waals surface area contributed by atoms with Gasteiger partial charge in [0.1, 0.15) is 5.82 Å². The van der Waals surface area contributed by atoms with Crippen LogP contribution in [0.15, 0.2) is 41.5 Å². The van der Waals surface area contributed by atoms with Crippen LogP contribution in [-0.2, 0) is 27.2 Å². The van der Waals surface area contributed by atoms with E-state index in [0.717, 1.165) is 117 Å². The zero-order chi connectivity index (χ0) is 41.6. The number of carbonyl (C=O) groups is 3. The second-order valence-corrected chi connectivity index (χ2v) is 16.7. The van der Waals surface area contributed by atoms with E-state index in [0.29, 0.717) is 71.0 Å². The fraction of sp³-hybridized carbons (Fsp3) is 0.614. The molecule has 3 N–H and O–H groups in total. The van der Waals surface area contributed by atoms with Crippen LogP contribution >= 0.6 is 0 Å². The third-order valence-electron chi connectivity index (χ3n) is 12.0. The van der Waals surface area contributed by atoms with Crippen LogP contribution < -0.4 is 15.5 Å². The van der Waals surface area contributed by atoms with E-state index < -0.39 is 5.97 Å². The number of carbonyl (C=O) groups excluding carboxylic acids is 2. The first-order valence-corrected chi connectivity index (χ1v) is 21.8. The number of carboxylic acids is 1. The number of aliphatic carboxylic acids is 1. The lowest BCUT2D eigenvalue weighted by Gasteiger charge is -2.37. The second kappa shape index (κ2) is 21.7. The Morgan fingerprint density at radius 2 is 1.81 bits per heavy atom. The topological polar surface area (TPSA) is 185 Å². The van der Waals surface area contributed by atoms with E-state index in [-0.39, 0.29) is 24.2 Å². The van der Waals surface area contributed by atoms with Gasteiger partial charge < -0.3 is 30.4 Å². The summed E-state index contributed by atoms with van der Waals surface area (Å²) in [5.41, 5.74) is 15.6. The normalized spacial score (nSPS) is 17.2. The summed E-state index contributed by atoms with van der Waals surface area (Å²) >= 11 is 0. The molecule has 0 bridgehead atoms. The highest BCUT2D eigenvalue weighted by molar-refractivity contribution is 5.79. The molecule has 3 aliphatic rings. The van der Waals surface area contributed by atoms with E-state index in [2.05, 4.69) is 60.8 Å². The number of piperazine rings is 1. The average molecular weight is 810 g/mol. The Bertz CT molecular complexity index is 1930. The molecule has 59 heavy (non-hydrogen) atoms. The SMILES string of the molecule is Cc1cc(C)n(-c2cc([C@H](CC(=O)O)CN3CC[C@@H](CCc4ccc5c(n4)NCCC5)C3)cc(N3CCN(C(=O)CCCC(=O)NCCCCCCN=[N+]=[N-])CC3)c2)n1. The zero-order valence-electron chi connectivity index (χ0n) is 35.1. The van der Waals surface area contributed by atoms with Crippen molar-refractivity contribution in [1.29, 1.82) is 0 Å². The molecule has 0 spiro atoms. The Morgan fingerprint density at radius 1 is 1.00 bits per heavy atom. The molecule has 0 saturated carbocycles. The third kappa shape index (κ3) is 12.9. The number of anilines is 2. The van der Waals surface area contributed by atoms with E-state index in [1.165, 1.54) is 5.56 Å². The summed E-state index contributed by atoms with van der Waals surface area (Å²) in [6.45, 7) is 11.2. The van der Waals surface area contributed by atoms with Gasteiger partial charge in [-0.05, 0) is 125 Å². The molecule has 5 heterocycles. The van der Waals surface area contributed by atoms with Gasteiger partial charge in [0.25, 0.3) is 0 Å². The monoisotopic (exact) mass is 810 g/mol. The number of hydrogen-bond donors (Lipinski definition) is 3. The maximum Gasteiger partial charge on any atom is 0.304 e. The summed E-state index contributed by atoms with van der Waals surface area (Å²) in [6, 6.07) is 12.9. The van der Waals surface area contributed by atoms with Crippen molar-refractivity contribution >= 4 is 29.3 Å². The van der Waals surface area contributed by atoms with Gasteiger partial charge in [-0.2, -0.15) is 5.10 Å². The molecule has 3 aromatic rings. The van der Waals surface area contributed by atoms with Gasteiger partial charge in [-0.15, -0.1) is 0 Å². The molecule has 15 heteroatoms. The number of fused-ring (bicyclic) bond motifs is 1. The minimum Gasteiger partial charge on any atom is -0.481 e. The summed E-state index contributed by atoms with van der Waals surface area (Å²) < 4.78 is 1.95. The molecule has 0 radical (unpaired) electrons. The molecule has 0 unspecified atom stereocenters. The highest BCUT2D eigenvalue weighted by Crippen LogP contribution is 2.32. The van der Waals surface area contributed by atoms with Crippen molar-refractivity contribution < 1.29 is 19.5 Å². The quantitative estimate of drug-likeness (QED) is 0.0464. The molecule has 1 aromatic carbocycles. The van der Waals surface area contributed by atoms with Crippen LogP contribution in [0.3, 0.4) is 0 Å². The number of nitrogens with zero attached hydrogens (tertiary/aromatic N) is 9. The highest BCUT2D eigenvalue weighted by atomic mass is 16.4. The van der Waals surface area contributed by atoms with E-state index in [1.54, 1.807) is 0 Å². The fourth-order valence-corrected chi connectivity index (χ4v) is 8.83. The highest BCUT2D eigenvalue weighted by Gasteiger charge is 2.29. The molecular formula is C44H63N11O4. The van der Waals surface area contributed by atoms with Gasteiger partial charge in [-0.1, -0.05) is 24.0 Å². The number of amides is 2. The van der Waals surface area contributed by atoms with Crippen LogP contribution in [0.1, 0.15) is 105 Å². The average Bonchev–Trinajstić information content (AvgIpc) is 3.84. The van der Waals surface area contributed by atoms with Crippen molar-refractivity contribution in [2.75, 3.05) is 75.7 Å². The third-order valence-corrected chi connectivity index (χ3v) is 12.0. The molecular weight excluding hydrogens is 747 g/mol. The van der Waals surface area contributed by atoms with Gasteiger partial charge in [0, 0.05) is 99.6 Å². The van der Waals surface area contributed by atoms with Crippen molar-refractivity contribution in [3.63, 3.8) is 0 Å². The van der Waals surface area contributed by atoms with Gasteiger partial charge in [-0.25, -0.2) is 9.67 Å². The standard InChI is InChI=1S/C44H63N11O4/c1-32-25-33(2)55(50-32)40-27-36(37(28-43(58)59)31-52-20-16-34(30-52)12-14-38-15-13-35-9-8-18-47-44(35)49-38)26-39(29-40)53-21-23-54(24-22-53)42(57)11-7-10-41(56)46-17-5-3-4-6-19-48-51-45/h13,15,25-27,29,34,37H,3-12,14,16-24,28,30-31H2,1-2H3,(H,46,56)(H,47,49)(H,58,59)/t34-,37-/m1/s1. The number of aryl methyl sites for hydroxylation is 4. The molecule has 15 nitrogen and oxygen atoms in total. The molecule has 2 amide bonds. The number of nitrogens with one attached hydrogen (secondary N) is 2. The second-order valence-electron chi connectivity index (χ2n) is 16.7. The predicted molar refractivity (Wildman–Crippen MR) is 230 cm³/mol. The number of azide groups is 1. The number of pyridine rings is 1. The molecule has 2 aromatic heterocycles. The van der Waals surface area contributed by atoms with Crippen molar-refractivity contribution in [2.45, 2.75) is 103 Å². The van der Waals surface area contributed by atoms with Crippen LogP contribution in [0.25, 0.3) is 16.1 Å². The predicted octanol–water partition coefficient (Wildman–Crippen LogP) is 6.56. The number of unbranched alkanes of at least 4 members (excludes halogenated alkanes) is 3. The zero-order valence-corrected chi connectivity index (χ0v) is 35.1. The van der Waals surface area contributed by atoms with Crippen molar-refractivity contribution in [3.05, 3.63) is 75.0 Å². The number of hydrogen-bond acceptors (Lipinski definition) is 9. The number of likely N-dealkylation sites (tertiary alicyclic amines) is 1. The summed E-state index contributed by atoms with van der Waals surface area (Å²) in [5, 5.41) is 24.9. The lowest BCUT2D eigenvalue weighted by Crippen LogP contribution is -2.48. The molecule has 3 aliphatic heterocycles. The summed E-state index contributed by atoms with van der Waals surface area (Å²) in [7, 11) is 0. The van der Waals surface area contributed by atoms with Gasteiger partial charge in [-0.3, -0.25) is 14.4 Å². The summed E-state index contributed by atoms with van der Waals surface area (Å²) in [4.78, 5) is 52.2. The number of carboxylic acid groups (broad SMARTS) is 1. The Morgan fingerprint density at radius 3 is 2.59 bits per heavy atom. The van der Waals surface area contributed by atoms with Crippen molar-refractivity contribution in [3.8, 4) is 5.69 Å². The van der Waals surface area contributed by atoms with E-state index >= 15 is 0 Å². The minimum atomic E-state index is -0.809. The number of aromatic nitrogens is 3. The Labute approximate surface area is 348 Å². The first kappa shape index (κ1) is 43.4. The van der Waals surface area contributed by atoms with E-state index in [4.69, 9.17) is 15.6 Å². The summed E-state index contributed by atoms with van der Waals surface area (Å²) in [5.74, 6) is 0.613. The van der Waals surface area contributed by atoms with Crippen LogP contribution in [0.4, 0.5) is 11.5 Å². The van der Waals surface area contributed by atoms with E-state index in [1.807, 2.05) is 29.5 Å². The van der Waals surface area contributed by atoms with Crippen LogP contribution in [-0.4, -0.2) is 113 Å². The van der Waals surface area contributed by atoms with Crippen molar-refractivity contribution in [1.82, 2.24) is 29.9 Å². The van der Waals surface area contributed by atoms with Gasteiger partial charge >= 0.3 is 5.97 Å². The lowest BCUT2D eigenvalue weighted by molar-refractivity contribution is -0.137. The summed E-state index contributed by atoms with van der Waals surface area (Å²) in [6.07, 6.45) is 10.2. The van der Waals surface area contributed by atoms with E-state index in [9.17, 15) is 19.5 Å². The number of benzene rings is 1. The first-order chi connectivity index (χ1) is 28.6. The molecule has 6 rings (SSSR count). The molecule has 318 valence electrons. The molecule has 0 aliphatic carbocycles. The van der Waals surface area contributed by atoms with Crippen molar-refractivity contribution in [2.24, 2.45) is 11.0 Å². The Balaban J connectivity index is 1.04. The lowest BCUT2D eigenvalue weighted by atomic mass is 9.93. The Kier molecular flexibility index (Phi) is 16.0. The minimum absolute atomic E-state index is 0.0306. The van der Waals surface area contributed by atoms with Crippen LogP contribution in [0.2, 0.25) is 0 Å². The van der Waals surface area contributed by atoms with Gasteiger partial charge in [0.05, 0.1) is 17.8 Å². The molecule has 2 atom stereocenters. The maximum absolute atomic E-state index is 13.2. The first-order valence-electron chi connectivity index (χ1n) is 21.8. The molecule has 2 saturated heterocycles. The van der Waals surface area contributed by atoms with Gasteiger partial charge in [0.2, 0.25) is 11.8 Å². The Hall–Kier alpha value is -5.14. The maximum atomic E-state index is 13.2. The smallest absolute Gasteiger partial charge is 0.304 e. The van der Waals surface area contributed by atoms with Crippen LogP contribution in [0.5, 0.6) is 0 Å². The van der Waals surface area contributed by atoms with Gasteiger partial charge in [0.15, 0.2) is 0 Å². The number of rotatable bonds is 21. The molecule has 2 fully saturated rings. The largest absolute Gasteiger partial charge is 0.481 e. The van der Waals surface area contributed by atoms with Crippen LogP contribution in [0, 0.1) is 19.8 Å². The fourth-order valence-electron chi connectivity index (χ4n) is 8.83.